The molecule has 0 aliphatic rings. The monoisotopic (exact) mass is 372 g/mol. The first-order valence-electron chi connectivity index (χ1n) is 5.43. The SMILES string of the molecule is OC(Cc1ccc(Br)cc1)c1cc(F)cc(Br)c1. The van der Waals surface area contributed by atoms with Crippen LogP contribution in [0.4, 0.5) is 4.39 Å². The van der Waals surface area contributed by atoms with E-state index in [1.807, 2.05) is 24.3 Å². The molecule has 0 aliphatic carbocycles. The Labute approximate surface area is 122 Å². The molecular formula is C14H11Br2FO. The van der Waals surface area contributed by atoms with Crippen molar-refractivity contribution in [3.63, 3.8) is 0 Å². The Morgan fingerprint density at radius 1 is 1.00 bits per heavy atom. The van der Waals surface area contributed by atoms with Gasteiger partial charge >= 0.3 is 0 Å². The van der Waals surface area contributed by atoms with Gasteiger partial charge in [-0.25, -0.2) is 4.39 Å². The minimum atomic E-state index is -0.710. The zero-order valence-electron chi connectivity index (χ0n) is 9.41. The molecule has 0 saturated carbocycles. The third-order valence-corrected chi connectivity index (χ3v) is 3.60. The first-order valence-corrected chi connectivity index (χ1v) is 7.02. The van der Waals surface area contributed by atoms with Gasteiger partial charge in [0, 0.05) is 15.4 Å². The van der Waals surface area contributed by atoms with E-state index in [4.69, 9.17) is 0 Å². The molecule has 0 bridgehead atoms. The number of hydrogen-bond donors (Lipinski definition) is 1. The van der Waals surface area contributed by atoms with Gasteiger partial charge in [-0.3, -0.25) is 0 Å². The van der Waals surface area contributed by atoms with Crippen LogP contribution in [-0.2, 0) is 6.42 Å². The zero-order valence-corrected chi connectivity index (χ0v) is 12.6. The van der Waals surface area contributed by atoms with Crippen LogP contribution in [0.25, 0.3) is 0 Å². The van der Waals surface area contributed by atoms with Gasteiger partial charge in [-0.15, -0.1) is 0 Å². The summed E-state index contributed by atoms with van der Waals surface area (Å²) in [6, 6.07) is 12.2. The molecule has 1 unspecified atom stereocenters. The molecule has 0 amide bonds. The third-order valence-electron chi connectivity index (χ3n) is 2.61. The highest BCUT2D eigenvalue weighted by atomic mass is 79.9. The highest BCUT2D eigenvalue weighted by Crippen LogP contribution is 2.23. The topological polar surface area (TPSA) is 20.2 Å². The number of rotatable bonds is 3. The van der Waals surface area contributed by atoms with Crippen molar-refractivity contribution in [1.82, 2.24) is 0 Å². The first kappa shape index (κ1) is 13.7. The standard InChI is InChI=1S/C14H11Br2FO/c15-11-3-1-9(2-4-11)5-14(18)10-6-12(16)8-13(17)7-10/h1-4,6-8,14,18H,5H2. The molecule has 4 heteroatoms. The fourth-order valence-electron chi connectivity index (χ4n) is 1.73. The number of halogens is 3. The summed E-state index contributed by atoms with van der Waals surface area (Å²) in [6.07, 6.45) is -0.249. The Balaban J connectivity index is 2.16. The van der Waals surface area contributed by atoms with Crippen molar-refractivity contribution in [3.8, 4) is 0 Å². The molecule has 94 valence electrons. The number of hydrogen-bond acceptors (Lipinski definition) is 1. The highest BCUT2D eigenvalue weighted by Gasteiger charge is 2.10. The second-order valence-corrected chi connectivity index (χ2v) is 5.88. The minimum Gasteiger partial charge on any atom is -0.388 e. The Morgan fingerprint density at radius 2 is 1.67 bits per heavy atom. The van der Waals surface area contributed by atoms with E-state index in [1.165, 1.54) is 12.1 Å². The summed E-state index contributed by atoms with van der Waals surface area (Å²) in [5.41, 5.74) is 1.58. The summed E-state index contributed by atoms with van der Waals surface area (Å²) < 4.78 is 14.9. The smallest absolute Gasteiger partial charge is 0.124 e. The van der Waals surface area contributed by atoms with Crippen LogP contribution in [0.1, 0.15) is 17.2 Å². The van der Waals surface area contributed by atoms with E-state index >= 15 is 0 Å². The summed E-state index contributed by atoms with van der Waals surface area (Å²) >= 11 is 6.58. The Bertz CT molecular complexity index is 520. The van der Waals surface area contributed by atoms with Gasteiger partial charge in [0.2, 0.25) is 0 Å². The van der Waals surface area contributed by atoms with E-state index in [2.05, 4.69) is 31.9 Å². The third kappa shape index (κ3) is 3.64. The van der Waals surface area contributed by atoms with Gasteiger partial charge in [0.05, 0.1) is 6.10 Å². The number of aliphatic hydroxyl groups excluding tert-OH is 1. The maximum Gasteiger partial charge on any atom is 0.124 e. The summed E-state index contributed by atoms with van der Waals surface area (Å²) in [4.78, 5) is 0. The van der Waals surface area contributed by atoms with E-state index in [1.54, 1.807) is 6.07 Å². The van der Waals surface area contributed by atoms with Crippen LogP contribution in [-0.4, -0.2) is 5.11 Å². The summed E-state index contributed by atoms with van der Waals surface area (Å²) in [5.74, 6) is -0.353. The van der Waals surface area contributed by atoms with Crippen LogP contribution in [0, 0.1) is 5.82 Å². The highest BCUT2D eigenvalue weighted by molar-refractivity contribution is 9.10. The van der Waals surface area contributed by atoms with E-state index in [-0.39, 0.29) is 5.82 Å². The summed E-state index contributed by atoms with van der Waals surface area (Å²) in [7, 11) is 0. The van der Waals surface area contributed by atoms with Crippen LogP contribution in [0.5, 0.6) is 0 Å². The number of aliphatic hydroxyl groups is 1. The normalized spacial score (nSPS) is 12.4. The molecule has 18 heavy (non-hydrogen) atoms. The Hall–Kier alpha value is -0.710. The van der Waals surface area contributed by atoms with Crippen molar-refractivity contribution in [3.05, 3.63) is 68.4 Å². The molecule has 2 aromatic rings. The van der Waals surface area contributed by atoms with Crippen LogP contribution in [0.2, 0.25) is 0 Å². The molecule has 1 nitrogen and oxygen atoms in total. The predicted molar refractivity (Wildman–Crippen MR) is 76.9 cm³/mol. The summed E-state index contributed by atoms with van der Waals surface area (Å²) in [5, 5.41) is 10.1. The van der Waals surface area contributed by atoms with Gasteiger partial charge in [-0.1, -0.05) is 44.0 Å². The lowest BCUT2D eigenvalue weighted by Gasteiger charge is -2.12. The van der Waals surface area contributed by atoms with E-state index in [9.17, 15) is 9.50 Å². The predicted octanol–water partition coefficient (Wildman–Crippen LogP) is 4.63. The molecule has 0 saturated heterocycles. The largest absolute Gasteiger partial charge is 0.388 e. The lowest BCUT2D eigenvalue weighted by molar-refractivity contribution is 0.178. The lowest BCUT2D eigenvalue weighted by atomic mass is 10.0. The molecule has 1 N–H and O–H groups in total. The zero-order chi connectivity index (χ0) is 13.1. The van der Waals surface area contributed by atoms with Crippen LogP contribution in [0.3, 0.4) is 0 Å². The van der Waals surface area contributed by atoms with Gasteiger partial charge in [-0.2, -0.15) is 0 Å². The van der Waals surface area contributed by atoms with Crippen molar-refractivity contribution in [1.29, 1.82) is 0 Å². The van der Waals surface area contributed by atoms with E-state index < -0.39 is 6.10 Å². The fourth-order valence-corrected chi connectivity index (χ4v) is 2.48. The molecule has 0 spiro atoms. The molecular weight excluding hydrogens is 363 g/mol. The van der Waals surface area contributed by atoms with Crippen molar-refractivity contribution in [2.75, 3.05) is 0 Å². The Morgan fingerprint density at radius 3 is 2.28 bits per heavy atom. The molecule has 0 aliphatic heterocycles. The van der Waals surface area contributed by atoms with Crippen LogP contribution in [0.15, 0.2) is 51.4 Å². The Kier molecular flexibility index (Phi) is 4.54. The molecule has 1 atom stereocenters. The summed E-state index contributed by atoms with van der Waals surface area (Å²) in [6.45, 7) is 0. The lowest BCUT2D eigenvalue weighted by Crippen LogP contribution is -2.02. The quantitative estimate of drug-likeness (QED) is 0.831. The molecule has 0 radical (unpaired) electrons. The van der Waals surface area contributed by atoms with E-state index in [0.29, 0.717) is 16.5 Å². The van der Waals surface area contributed by atoms with Gasteiger partial charge in [-0.05, 0) is 41.5 Å². The minimum absolute atomic E-state index is 0.353. The molecule has 0 heterocycles. The van der Waals surface area contributed by atoms with Gasteiger partial charge in [0.15, 0.2) is 0 Å². The second kappa shape index (κ2) is 5.95. The maximum atomic E-state index is 13.2. The van der Waals surface area contributed by atoms with Gasteiger partial charge in [0.1, 0.15) is 5.82 Å². The van der Waals surface area contributed by atoms with Crippen molar-refractivity contribution in [2.45, 2.75) is 12.5 Å². The van der Waals surface area contributed by atoms with Crippen molar-refractivity contribution in [2.24, 2.45) is 0 Å². The van der Waals surface area contributed by atoms with Gasteiger partial charge in [0.25, 0.3) is 0 Å². The van der Waals surface area contributed by atoms with Crippen LogP contribution >= 0.6 is 31.9 Å². The molecule has 2 aromatic carbocycles. The fraction of sp³-hybridized carbons (Fsp3) is 0.143. The van der Waals surface area contributed by atoms with Crippen molar-refractivity contribution >= 4 is 31.9 Å². The van der Waals surface area contributed by atoms with Crippen molar-refractivity contribution < 1.29 is 9.50 Å². The second-order valence-electron chi connectivity index (χ2n) is 4.05. The average molecular weight is 374 g/mol. The molecule has 0 aromatic heterocycles. The average Bonchev–Trinajstić information content (AvgIpc) is 2.31. The maximum absolute atomic E-state index is 13.2. The van der Waals surface area contributed by atoms with Crippen LogP contribution < -0.4 is 0 Å². The molecule has 0 fully saturated rings. The van der Waals surface area contributed by atoms with Gasteiger partial charge < -0.3 is 5.11 Å². The number of benzene rings is 2. The first-order chi connectivity index (χ1) is 8.54. The van der Waals surface area contributed by atoms with E-state index in [0.717, 1.165) is 10.0 Å². The molecule has 2 rings (SSSR count).